The van der Waals surface area contributed by atoms with Crippen molar-refractivity contribution in [3.63, 3.8) is 0 Å². The smallest absolute Gasteiger partial charge is 0.321 e. The lowest BCUT2D eigenvalue weighted by atomic mass is 9.95. The van der Waals surface area contributed by atoms with Crippen LogP contribution in [0.1, 0.15) is 64.7 Å². The quantitative estimate of drug-likeness (QED) is 0.498. The zero-order valence-electron chi connectivity index (χ0n) is 16.7. The minimum atomic E-state index is -0.516. The summed E-state index contributed by atoms with van der Waals surface area (Å²) in [6.07, 6.45) is 5.46. The van der Waals surface area contributed by atoms with Gasteiger partial charge in [-0.05, 0) is 33.6 Å². The molecule has 3 amide bonds. The highest BCUT2D eigenvalue weighted by Crippen LogP contribution is 2.32. The van der Waals surface area contributed by atoms with Gasteiger partial charge in [0.25, 0.3) is 0 Å². The van der Waals surface area contributed by atoms with Gasteiger partial charge in [-0.15, -0.1) is 10.2 Å². The maximum absolute atomic E-state index is 12.0. The summed E-state index contributed by atoms with van der Waals surface area (Å²) >= 11 is 1.22. The predicted octanol–water partition coefficient (Wildman–Crippen LogP) is 2.22. The number of hydrogen-bond acceptors (Lipinski definition) is 7. The van der Waals surface area contributed by atoms with Crippen LogP contribution in [-0.2, 0) is 20.7 Å². The Morgan fingerprint density at radius 2 is 1.93 bits per heavy atom. The first-order valence-corrected chi connectivity index (χ1v) is 10.7. The van der Waals surface area contributed by atoms with Crippen LogP contribution in [-0.4, -0.2) is 51.1 Å². The molecule has 1 aliphatic carbocycles. The lowest BCUT2D eigenvalue weighted by Crippen LogP contribution is -2.43. The average molecular weight is 412 g/mol. The Bertz CT molecular complexity index is 686. The number of amides is 3. The SMILES string of the molecule is CCOC(=O)Cc1nnc(SCC(=O)NC(=O)NC(C)C)n1C1CCCCC1. The molecule has 10 heteroatoms. The van der Waals surface area contributed by atoms with Crippen LogP contribution in [0.15, 0.2) is 5.16 Å². The van der Waals surface area contributed by atoms with E-state index in [4.69, 9.17) is 4.74 Å². The first-order chi connectivity index (χ1) is 13.4. The summed E-state index contributed by atoms with van der Waals surface area (Å²) in [6, 6.07) is -0.361. The summed E-state index contributed by atoms with van der Waals surface area (Å²) in [4.78, 5) is 35.6. The minimum Gasteiger partial charge on any atom is -0.466 e. The third kappa shape index (κ3) is 6.81. The average Bonchev–Trinajstić information content (AvgIpc) is 3.02. The number of carbonyl (C=O) groups excluding carboxylic acids is 3. The summed E-state index contributed by atoms with van der Waals surface area (Å²) in [5, 5.41) is 13.9. The number of carbonyl (C=O) groups is 3. The van der Waals surface area contributed by atoms with Crippen molar-refractivity contribution in [2.75, 3.05) is 12.4 Å². The van der Waals surface area contributed by atoms with Crippen LogP contribution in [0.25, 0.3) is 0 Å². The number of esters is 1. The molecule has 0 bridgehead atoms. The summed E-state index contributed by atoms with van der Waals surface area (Å²) in [6.45, 7) is 5.71. The van der Waals surface area contributed by atoms with E-state index in [-0.39, 0.29) is 30.2 Å². The predicted molar refractivity (Wildman–Crippen MR) is 105 cm³/mol. The molecule has 1 aliphatic rings. The molecule has 1 saturated carbocycles. The minimum absolute atomic E-state index is 0.0375. The third-order valence-electron chi connectivity index (χ3n) is 4.29. The maximum atomic E-state index is 12.0. The molecular weight excluding hydrogens is 382 g/mol. The van der Waals surface area contributed by atoms with Crippen molar-refractivity contribution in [2.45, 2.75) is 76.5 Å². The number of rotatable bonds is 8. The van der Waals surface area contributed by atoms with Gasteiger partial charge in [0.2, 0.25) is 5.91 Å². The maximum Gasteiger partial charge on any atom is 0.321 e. The van der Waals surface area contributed by atoms with E-state index >= 15 is 0 Å². The highest BCUT2D eigenvalue weighted by atomic mass is 32.2. The van der Waals surface area contributed by atoms with Gasteiger partial charge in [-0.1, -0.05) is 31.0 Å². The summed E-state index contributed by atoms with van der Waals surface area (Å²) in [7, 11) is 0. The Morgan fingerprint density at radius 3 is 2.57 bits per heavy atom. The Labute approximate surface area is 169 Å². The molecule has 1 heterocycles. The molecule has 0 unspecified atom stereocenters. The molecule has 1 aromatic rings. The molecule has 2 rings (SSSR count). The molecular formula is C18H29N5O4S. The monoisotopic (exact) mass is 411 g/mol. The molecule has 0 aromatic carbocycles. The molecule has 2 N–H and O–H groups in total. The van der Waals surface area contributed by atoms with E-state index in [2.05, 4.69) is 20.8 Å². The number of hydrogen-bond donors (Lipinski definition) is 2. The van der Waals surface area contributed by atoms with Crippen LogP contribution < -0.4 is 10.6 Å². The van der Waals surface area contributed by atoms with E-state index in [1.807, 2.05) is 18.4 Å². The summed E-state index contributed by atoms with van der Waals surface area (Å²) in [5.74, 6) is -0.152. The highest BCUT2D eigenvalue weighted by Gasteiger charge is 2.25. The fraction of sp³-hybridized carbons (Fsp3) is 0.722. The second-order valence-electron chi connectivity index (χ2n) is 7.01. The Balaban J connectivity index is 2.05. The lowest BCUT2D eigenvalue weighted by molar-refractivity contribution is -0.142. The fourth-order valence-corrected chi connectivity index (χ4v) is 3.99. The van der Waals surface area contributed by atoms with Crippen molar-refractivity contribution in [1.29, 1.82) is 0 Å². The van der Waals surface area contributed by atoms with Gasteiger partial charge in [-0.25, -0.2) is 4.79 Å². The van der Waals surface area contributed by atoms with Gasteiger partial charge in [0.05, 0.1) is 12.4 Å². The van der Waals surface area contributed by atoms with Crippen molar-refractivity contribution >= 4 is 29.7 Å². The van der Waals surface area contributed by atoms with E-state index < -0.39 is 11.9 Å². The first kappa shape index (κ1) is 22.2. The number of nitrogens with one attached hydrogen (secondary N) is 2. The van der Waals surface area contributed by atoms with Crippen LogP contribution in [0, 0.1) is 0 Å². The molecule has 1 aromatic heterocycles. The number of ether oxygens (including phenoxy) is 1. The molecule has 0 spiro atoms. The third-order valence-corrected chi connectivity index (χ3v) is 5.23. The molecule has 0 atom stereocenters. The second kappa shape index (κ2) is 11.0. The Hall–Kier alpha value is -2.10. The topological polar surface area (TPSA) is 115 Å². The fourth-order valence-electron chi connectivity index (χ4n) is 3.16. The standard InChI is InChI=1S/C18H29N5O4S/c1-4-27-16(25)10-14-21-22-18(23(14)13-8-6-5-7-9-13)28-11-15(24)20-17(26)19-12(2)3/h12-13H,4-11H2,1-3H3,(H2,19,20,24,26). The van der Waals surface area contributed by atoms with Gasteiger partial charge in [0.15, 0.2) is 5.16 Å². The number of nitrogens with zero attached hydrogens (tertiary/aromatic N) is 3. The van der Waals surface area contributed by atoms with Crippen molar-refractivity contribution in [2.24, 2.45) is 0 Å². The van der Waals surface area contributed by atoms with E-state index in [9.17, 15) is 14.4 Å². The number of thioether (sulfide) groups is 1. The van der Waals surface area contributed by atoms with E-state index in [0.29, 0.717) is 17.6 Å². The second-order valence-corrected chi connectivity index (χ2v) is 7.95. The number of imide groups is 1. The first-order valence-electron chi connectivity index (χ1n) is 9.73. The Morgan fingerprint density at radius 1 is 1.21 bits per heavy atom. The van der Waals surface area contributed by atoms with Crippen LogP contribution in [0.3, 0.4) is 0 Å². The Kier molecular flexibility index (Phi) is 8.75. The molecule has 0 radical (unpaired) electrons. The zero-order valence-corrected chi connectivity index (χ0v) is 17.5. The van der Waals surface area contributed by atoms with Gasteiger partial charge < -0.3 is 14.6 Å². The summed E-state index contributed by atoms with van der Waals surface area (Å²) < 4.78 is 7.01. The van der Waals surface area contributed by atoms with Crippen molar-refractivity contribution in [1.82, 2.24) is 25.4 Å². The number of aromatic nitrogens is 3. The van der Waals surface area contributed by atoms with Crippen molar-refractivity contribution in [3.05, 3.63) is 5.82 Å². The van der Waals surface area contributed by atoms with Gasteiger partial charge in [-0.3, -0.25) is 14.9 Å². The van der Waals surface area contributed by atoms with Gasteiger partial charge in [0.1, 0.15) is 12.2 Å². The van der Waals surface area contributed by atoms with Crippen LogP contribution in [0.4, 0.5) is 4.79 Å². The van der Waals surface area contributed by atoms with Gasteiger partial charge in [-0.2, -0.15) is 0 Å². The van der Waals surface area contributed by atoms with E-state index in [0.717, 1.165) is 25.7 Å². The van der Waals surface area contributed by atoms with E-state index in [1.165, 1.54) is 18.2 Å². The van der Waals surface area contributed by atoms with Gasteiger partial charge in [0, 0.05) is 12.1 Å². The van der Waals surface area contributed by atoms with Crippen molar-refractivity contribution in [3.8, 4) is 0 Å². The largest absolute Gasteiger partial charge is 0.466 e. The normalized spacial score (nSPS) is 14.7. The summed E-state index contributed by atoms with van der Waals surface area (Å²) in [5.41, 5.74) is 0. The van der Waals surface area contributed by atoms with Crippen LogP contribution >= 0.6 is 11.8 Å². The zero-order chi connectivity index (χ0) is 20.5. The van der Waals surface area contributed by atoms with Crippen molar-refractivity contribution < 1.29 is 19.1 Å². The molecule has 156 valence electrons. The van der Waals surface area contributed by atoms with Crippen LogP contribution in [0.2, 0.25) is 0 Å². The number of urea groups is 1. The van der Waals surface area contributed by atoms with Gasteiger partial charge >= 0.3 is 12.0 Å². The molecule has 9 nitrogen and oxygen atoms in total. The molecule has 0 aliphatic heterocycles. The molecule has 0 saturated heterocycles. The lowest BCUT2D eigenvalue weighted by Gasteiger charge is -2.25. The van der Waals surface area contributed by atoms with Crippen LogP contribution in [0.5, 0.6) is 0 Å². The molecule has 1 fully saturated rings. The molecule has 28 heavy (non-hydrogen) atoms. The highest BCUT2D eigenvalue weighted by molar-refractivity contribution is 7.99. The van der Waals surface area contributed by atoms with E-state index in [1.54, 1.807) is 6.92 Å².